The molecule has 1 aromatic rings. The van der Waals surface area contributed by atoms with Crippen LogP contribution in [-0.2, 0) is 16.1 Å². The third-order valence-electron chi connectivity index (χ3n) is 5.41. The number of rotatable bonds is 6. The van der Waals surface area contributed by atoms with Crippen molar-refractivity contribution in [2.45, 2.75) is 50.8 Å². The first-order valence-corrected chi connectivity index (χ1v) is 9.21. The molecule has 0 aliphatic carbocycles. The van der Waals surface area contributed by atoms with Gasteiger partial charge in [-0.2, -0.15) is 0 Å². The van der Waals surface area contributed by atoms with Crippen LogP contribution in [0.15, 0.2) is 30.3 Å². The average molecular weight is 344 g/mol. The Morgan fingerprint density at radius 3 is 2.36 bits per heavy atom. The molecule has 0 spiro atoms. The van der Waals surface area contributed by atoms with Crippen LogP contribution in [0.5, 0.6) is 0 Å². The van der Waals surface area contributed by atoms with Gasteiger partial charge in [-0.3, -0.25) is 4.79 Å². The number of hydrogen-bond donors (Lipinski definition) is 0. The van der Waals surface area contributed by atoms with Crippen LogP contribution in [0, 0.1) is 5.92 Å². The lowest BCUT2D eigenvalue weighted by molar-refractivity contribution is -0.125. The molecule has 5 nitrogen and oxygen atoms in total. The third-order valence-corrected chi connectivity index (χ3v) is 5.41. The summed E-state index contributed by atoms with van der Waals surface area (Å²) >= 11 is 0. The first-order valence-electron chi connectivity index (χ1n) is 9.21. The molecule has 2 fully saturated rings. The number of Topliss-reactive ketones (excluding diaryl/α,β-unsaturated/α-hetero) is 1. The molecule has 2 heterocycles. The zero-order valence-corrected chi connectivity index (χ0v) is 15.2. The van der Waals surface area contributed by atoms with Crippen LogP contribution < -0.4 is 0 Å². The molecule has 136 valence electrons. The van der Waals surface area contributed by atoms with E-state index >= 15 is 0 Å². The molecule has 0 N–H and O–H groups in total. The summed E-state index contributed by atoms with van der Waals surface area (Å²) in [6.45, 7) is 1.11. The Morgan fingerprint density at radius 1 is 1.12 bits per heavy atom. The van der Waals surface area contributed by atoms with Gasteiger partial charge in [-0.1, -0.05) is 30.3 Å². The summed E-state index contributed by atoms with van der Waals surface area (Å²) in [5.41, 5.74) is 0.997. The van der Waals surface area contributed by atoms with Crippen molar-refractivity contribution in [1.29, 1.82) is 0 Å². The maximum atomic E-state index is 12.5. The molecule has 2 bridgehead atoms. The first-order chi connectivity index (χ1) is 12.0. The number of piperidine rings is 1. The number of carbonyl (C=O) groups excluding carboxylic acids is 2. The minimum atomic E-state index is -0.226. The maximum Gasteiger partial charge on any atom is 0.410 e. The first kappa shape index (κ1) is 17.9. The van der Waals surface area contributed by atoms with Crippen LogP contribution in [0.2, 0.25) is 0 Å². The molecule has 3 rings (SSSR count). The number of fused-ring (bicyclic) bond motifs is 2. The smallest absolute Gasteiger partial charge is 0.410 e. The van der Waals surface area contributed by atoms with Crippen LogP contribution in [-0.4, -0.2) is 54.4 Å². The highest BCUT2D eigenvalue weighted by molar-refractivity contribution is 5.82. The van der Waals surface area contributed by atoms with Crippen molar-refractivity contribution < 1.29 is 14.3 Å². The highest BCUT2D eigenvalue weighted by Gasteiger charge is 2.45. The highest BCUT2D eigenvalue weighted by Crippen LogP contribution is 2.39. The lowest BCUT2D eigenvalue weighted by atomic mass is 9.86. The van der Waals surface area contributed by atoms with E-state index in [0.717, 1.165) is 37.8 Å². The summed E-state index contributed by atoms with van der Waals surface area (Å²) < 4.78 is 5.52. The Bertz CT molecular complexity index is 588. The van der Waals surface area contributed by atoms with Gasteiger partial charge in [0.15, 0.2) is 0 Å². The van der Waals surface area contributed by atoms with Crippen molar-refractivity contribution in [2.75, 3.05) is 20.6 Å². The number of ketones is 1. The third kappa shape index (κ3) is 4.40. The standard InChI is InChI=1S/C20H28N2O3/c1-21(2)11-10-19(23)16-12-17-8-9-18(13-16)22(17)20(24)25-14-15-6-4-3-5-7-15/h3-7,16-18H,8-14H2,1-2H3. The number of carbonyl (C=O) groups is 2. The number of benzene rings is 1. The predicted octanol–water partition coefficient (Wildman–Crippen LogP) is 3.09. The molecule has 25 heavy (non-hydrogen) atoms. The molecule has 1 aromatic carbocycles. The summed E-state index contributed by atoms with van der Waals surface area (Å²) in [5, 5.41) is 0. The van der Waals surface area contributed by atoms with Gasteiger partial charge in [-0.05, 0) is 45.3 Å². The summed E-state index contributed by atoms with van der Waals surface area (Å²) in [5.74, 6) is 0.457. The Balaban J connectivity index is 1.53. The molecule has 2 aliphatic heterocycles. The Labute approximate surface area is 149 Å². The summed E-state index contributed by atoms with van der Waals surface area (Å²) in [6.07, 6.45) is 3.95. The lowest BCUT2D eigenvalue weighted by Crippen LogP contribution is -2.48. The molecular formula is C20H28N2O3. The van der Waals surface area contributed by atoms with Gasteiger partial charge >= 0.3 is 6.09 Å². The second-order valence-corrected chi connectivity index (χ2v) is 7.52. The predicted molar refractivity (Wildman–Crippen MR) is 96.2 cm³/mol. The van der Waals surface area contributed by atoms with E-state index in [4.69, 9.17) is 4.74 Å². The number of amides is 1. The molecule has 0 saturated carbocycles. The average Bonchev–Trinajstić information content (AvgIpc) is 2.88. The zero-order valence-electron chi connectivity index (χ0n) is 15.2. The largest absolute Gasteiger partial charge is 0.445 e. The molecule has 0 radical (unpaired) electrons. The molecule has 2 aliphatic rings. The van der Waals surface area contributed by atoms with Gasteiger partial charge in [0.05, 0.1) is 0 Å². The van der Waals surface area contributed by atoms with Crippen LogP contribution in [0.25, 0.3) is 0 Å². The van der Waals surface area contributed by atoms with Gasteiger partial charge < -0.3 is 14.5 Å². The van der Waals surface area contributed by atoms with Gasteiger partial charge in [0.25, 0.3) is 0 Å². The summed E-state index contributed by atoms with van der Waals surface area (Å²) in [7, 11) is 3.98. The second kappa shape index (κ2) is 8.00. The van der Waals surface area contributed by atoms with Gasteiger partial charge in [0.1, 0.15) is 12.4 Å². The van der Waals surface area contributed by atoms with Gasteiger partial charge in [-0.15, -0.1) is 0 Å². The molecular weight excluding hydrogens is 316 g/mol. The van der Waals surface area contributed by atoms with E-state index in [2.05, 4.69) is 0 Å². The molecule has 5 heteroatoms. The lowest BCUT2D eigenvalue weighted by Gasteiger charge is -2.37. The van der Waals surface area contributed by atoms with Crippen molar-refractivity contribution in [3.05, 3.63) is 35.9 Å². The van der Waals surface area contributed by atoms with E-state index in [-0.39, 0.29) is 24.1 Å². The fourth-order valence-electron chi connectivity index (χ4n) is 4.07. The Hall–Kier alpha value is -1.88. The van der Waals surface area contributed by atoms with Crippen molar-refractivity contribution in [3.63, 3.8) is 0 Å². The van der Waals surface area contributed by atoms with E-state index in [1.165, 1.54) is 0 Å². The fraction of sp³-hybridized carbons (Fsp3) is 0.600. The molecule has 2 atom stereocenters. The van der Waals surface area contributed by atoms with Crippen LogP contribution >= 0.6 is 0 Å². The van der Waals surface area contributed by atoms with Crippen molar-refractivity contribution in [3.8, 4) is 0 Å². The van der Waals surface area contributed by atoms with Crippen molar-refractivity contribution >= 4 is 11.9 Å². The zero-order chi connectivity index (χ0) is 17.8. The monoisotopic (exact) mass is 344 g/mol. The second-order valence-electron chi connectivity index (χ2n) is 7.52. The minimum absolute atomic E-state index is 0.107. The number of nitrogens with zero attached hydrogens (tertiary/aromatic N) is 2. The van der Waals surface area contributed by atoms with Crippen molar-refractivity contribution in [1.82, 2.24) is 9.80 Å². The van der Waals surface area contributed by atoms with E-state index in [1.54, 1.807) is 0 Å². The topological polar surface area (TPSA) is 49.9 Å². The van der Waals surface area contributed by atoms with Gasteiger partial charge in [-0.25, -0.2) is 4.79 Å². The SMILES string of the molecule is CN(C)CCC(=O)C1CC2CCC(C1)N2C(=O)OCc1ccccc1. The van der Waals surface area contributed by atoms with Gasteiger partial charge in [0, 0.05) is 31.0 Å². The Kier molecular flexibility index (Phi) is 5.74. The Morgan fingerprint density at radius 2 is 1.76 bits per heavy atom. The highest BCUT2D eigenvalue weighted by atomic mass is 16.6. The van der Waals surface area contributed by atoms with E-state index < -0.39 is 0 Å². The number of hydrogen-bond acceptors (Lipinski definition) is 4. The van der Waals surface area contributed by atoms with Crippen LogP contribution in [0.1, 0.15) is 37.7 Å². The molecule has 0 aromatic heterocycles. The minimum Gasteiger partial charge on any atom is -0.445 e. The van der Waals surface area contributed by atoms with Crippen molar-refractivity contribution in [2.24, 2.45) is 5.92 Å². The molecule has 2 unspecified atom stereocenters. The summed E-state index contributed by atoms with van der Waals surface area (Å²) in [6, 6.07) is 10.1. The number of ether oxygens (including phenoxy) is 1. The summed E-state index contributed by atoms with van der Waals surface area (Å²) in [4.78, 5) is 28.9. The maximum absolute atomic E-state index is 12.5. The molecule has 1 amide bonds. The normalized spacial score (nSPS) is 25.2. The van der Waals surface area contributed by atoms with E-state index in [1.807, 2.05) is 54.2 Å². The van der Waals surface area contributed by atoms with E-state index in [0.29, 0.717) is 18.8 Å². The molecule has 2 saturated heterocycles. The van der Waals surface area contributed by atoms with E-state index in [9.17, 15) is 9.59 Å². The quantitative estimate of drug-likeness (QED) is 0.796. The van der Waals surface area contributed by atoms with Gasteiger partial charge in [0.2, 0.25) is 0 Å². The van der Waals surface area contributed by atoms with Crippen LogP contribution in [0.4, 0.5) is 4.79 Å². The fourth-order valence-corrected chi connectivity index (χ4v) is 4.07. The van der Waals surface area contributed by atoms with Crippen LogP contribution in [0.3, 0.4) is 0 Å².